The fourth-order valence-electron chi connectivity index (χ4n) is 4.06. The van der Waals surface area contributed by atoms with E-state index in [4.69, 9.17) is 18.9 Å². The Morgan fingerprint density at radius 2 is 2.00 bits per heavy atom. The smallest absolute Gasteiger partial charge is 0.206 e. The number of hydrogen-bond acceptors (Lipinski definition) is 7. The van der Waals surface area contributed by atoms with E-state index in [1.165, 1.54) is 19.2 Å². The van der Waals surface area contributed by atoms with Crippen LogP contribution in [0.25, 0.3) is 6.08 Å². The zero-order chi connectivity index (χ0) is 20.6. The Morgan fingerprint density at radius 3 is 2.76 bits per heavy atom. The Balaban J connectivity index is 1.66. The lowest BCUT2D eigenvalue weighted by molar-refractivity contribution is -0.0802. The molecule has 0 unspecified atom stereocenters. The number of carbonyl (C=O) groups excluding carboxylic acids is 1. The summed E-state index contributed by atoms with van der Waals surface area (Å²) in [6.45, 7) is 3.83. The molecule has 29 heavy (non-hydrogen) atoms. The van der Waals surface area contributed by atoms with Gasteiger partial charge in [0.1, 0.15) is 29.5 Å². The van der Waals surface area contributed by atoms with Gasteiger partial charge in [-0.3, -0.25) is 4.79 Å². The largest absolute Gasteiger partial charge is 0.504 e. The molecule has 2 aromatic rings. The molecule has 0 spiro atoms. The van der Waals surface area contributed by atoms with Gasteiger partial charge >= 0.3 is 0 Å². The van der Waals surface area contributed by atoms with Crippen molar-refractivity contribution in [2.24, 2.45) is 0 Å². The van der Waals surface area contributed by atoms with Gasteiger partial charge in [0.15, 0.2) is 23.2 Å². The second-order valence-corrected chi connectivity index (χ2v) is 7.93. The van der Waals surface area contributed by atoms with Crippen LogP contribution in [-0.4, -0.2) is 41.4 Å². The van der Waals surface area contributed by atoms with E-state index in [0.717, 1.165) is 0 Å². The number of benzene rings is 2. The predicted molar refractivity (Wildman–Crippen MR) is 103 cm³/mol. The number of ether oxygens (including phenoxy) is 4. The van der Waals surface area contributed by atoms with Crippen molar-refractivity contribution in [2.45, 2.75) is 31.2 Å². The number of carbonyl (C=O) groups is 1. The third-order valence-electron chi connectivity index (χ3n) is 5.58. The second kappa shape index (κ2) is 5.67. The fraction of sp³-hybridized carbons (Fsp3) is 0.318. The quantitative estimate of drug-likeness (QED) is 0.765. The third-order valence-corrected chi connectivity index (χ3v) is 5.58. The topological polar surface area (TPSA) is 94.5 Å². The maximum atomic E-state index is 13.5. The van der Waals surface area contributed by atoms with Crippen molar-refractivity contribution in [3.05, 3.63) is 47.0 Å². The minimum absolute atomic E-state index is 0.0393. The van der Waals surface area contributed by atoms with Crippen molar-refractivity contribution >= 4 is 11.9 Å². The maximum Gasteiger partial charge on any atom is 0.206 e. The van der Waals surface area contributed by atoms with Crippen LogP contribution in [0.4, 0.5) is 0 Å². The maximum absolute atomic E-state index is 13.5. The second-order valence-electron chi connectivity index (χ2n) is 7.93. The summed E-state index contributed by atoms with van der Waals surface area (Å²) in [5.41, 5.74) is -1.41. The summed E-state index contributed by atoms with van der Waals surface area (Å²) in [4.78, 5) is 13.5. The number of aliphatic hydroxyl groups is 1. The summed E-state index contributed by atoms with van der Waals surface area (Å²) < 4.78 is 22.9. The Hall–Kier alpha value is -3.19. The molecule has 2 aromatic carbocycles. The van der Waals surface area contributed by atoms with Gasteiger partial charge < -0.3 is 29.2 Å². The molecule has 0 amide bonds. The molecule has 7 nitrogen and oxygen atoms in total. The molecule has 0 bridgehead atoms. The molecule has 3 heterocycles. The summed E-state index contributed by atoms with van der Waals surface area (Å²) in [5.74, 6) is 0.703. The van der Waals surface area contributed by atoms with Crippen molar-refractivity contribution in [2.75, 3.05) is 13.7 Å². The zero-order valence-electron chi connectivity index (χ0n) is 16.2. The summed E-state index contributed by atoms with van der Waals surface area (Å²) in [7, 11) is 1.41. The van der Waals surface area contributed by atoms with Gasteiger partial charge in [-0.2, -0.15) is 0 Å². The summed E-state index contributed by atoms with van der Waals surface area (Å²) in [6, 6.07) is 6.04. The molecule has 7 heteroatoms. The lowest BCUT2D eigenvalue weighted by atomic mass is 9.77. The first kappa shape index (κ1) is 17.9. The Morgan fingerprint density at radius 1 is 1.21 bits per heavy atom. The van der Waals surface area contributed by atoms with Gasteiger partial charge in [0.05, 0.1) is 18.2 Å². The highest BCUT2D eigenvalue weighted by Gasteiger charge is 2.56. The number of hydrogen-bond donors (Lipinski definition) is 2. The van der Waals surface area contributed by atoms with Gasteiger partial charge in [0.2, 0.25) is 5.78 Å². The molecule has 0 aliphatic carbocycles. The number of methoxy groups -OCH3 is 1. The Bertz CT molecular complexity index is 1090. The Kier molecular flexibility index (Phi) is 3.49. The number of phenols is 1. The van der Waals surface area contributed by atoms with E-state index >= 15 is 0 Å². The molecule has 2 N–H and O–H groups in total. The first-order valence-corrected chi connectivity index (χ1v) is 9.28. The molecule has 3 aliphatic heterocycles. The molecule has 0 radical (unpaired) electrons. The van der Waals surface area contributed by atoms with E-state index in [-0.39, 0.29) is 35.0 Å². The van der Waals surface area contributed by atoms with Crippen LogP contribution in [0.5, 0.6) is 28.7 Å². The zero-order valence-corrected chi connectivity index (χ0v) is 16.2. The minimum Gasteiger partial charge on any atom is -0.504 e. The number of Topliss-reactive ketones (excluding diaryl/α,β-unsaturated/α-hetero) is 1. The van der Waals surface area contributed by atoms with E-state index in [1.807, 2.05) is 26.0 Å². The number of phenolic OH excluding ortho intramolecular Hbond substituents is 1. The van der Waals surface area contributed by atoms with Crippen LogP contribution in [-0.2, 0) is 5.60 Å². The van der Waals surface area contributed by atoms with Gasteiger partial charge in [-0.25, -0.2) is 0 Å². The average Bonchev–Trinajstić information content (AvgIpc) is 2.68. The van der Waals surface area contributed by atoms with Crippen molar-refractivity contribution in [1.82, 2.24) is 0 Å². The standard InChI is InChI=1S/C22H20O7/c1-21(2)7-6-11-15(29-21)5-4-12-19(11)28-18-10-27-16-9-17(26-3)14(23)8-13(16)22(18,25)20(12)24/h4-9,18,23,25H,10H2,1-3H3/t18-,22-/m1/s1. The minimum atomic E-state index is -1.99. The van der Waals surface area contributed by atoms with Gasteiger partial charge in [0, 0.05) is 11.6 Å². The van der Waals surface area contributed by atoms with E-state index < -0.39 is 23.1 Å². The fourth-order valence-corrected chi connectivity index (χ4v) is 4.06. The van der Waals surface area contributed by atoms with E-state index in [2.05, 4.69) is 0 Å². The van der Waals surface area contributed by atoms with Crippen LogP contribution < -0.4 is 18.9 Å². The number of aromatic hydroxyl groups is 1. The van der Waals surface area contributed by atoms with Crippen LogP contribution in [0, 0.1) is 0 Å². The number of ketones is 1. The van der Waals surface area contributed by atoms with E-state index in [1.54, 1.807) is 12.1 Å². The normalized spacial score (nSPS) is 25.4. The summed E-state index contributed by atoms with van der Waals surface area (Å²) >= 11 is 0. The predicted octanol–water partition coefficient (Wildman–Crippen LogP) is 2.81. The molecular weight excluding hydrogens is 376 g/mol. The number of rotatable bonds is 1. The van der Waals surface area contributed by atoms with Crippen LogP contribution in [0.3, 0.4) is 0 Å². The van der Waals surface area contributed by atoms with Crippen LogP contribution in [0.15, 0.2) is 30.3 Å². The molecular formula is C22H20O7. The first-order valence-electron chi connectivity index (χ1n) is 9.28. The lowest BCUT2D eigenvalue weighted by Crippen LogP contribution is -2.57. The third kappa shape index (κ3) is 2.37. The highest BCUT2D eigenvalue weighted by molar-refractivity contribution is 6.08. The SMILES string of the molecule is COc1cc2c(cc1O)[C@]1(O)C(=O)c3ccc4c(c3O[C@@H]1CO2)C=CC(C)(C)O4. The van der Waals surface area contributed by atoms with Gasteiger partial charge in [-0.15, -0.1) is 0 Å². The van der Waals surface area contributed by atoms with Crippen LogP contribution in [0.1, 0.15) is 35.3 Å². The molecule has 150 valence electrons. The molecule has 0 saturated carbocycles. The van der Waals surface area contributed by atoms with E-state index in [9.17, 15) is 15.0 Å². The van der Waals surface area contributed by atoms with Crippen LogP contribution >= 0.6 is 0 Å². The molecule has 0 fully saturated rings. The van der Waals surface area contributed by atoms with Gasteiger partial charge in [0.25, 0.3) is 0 Å². The Labute approximate surface area is 167 Å². The number of fused-ring (bicyclic) bond motifs is 6. The molecule has 0 saturated heterocycles. The summed E-state index contributed by atoms with van der Waals surface area (Å²) in [6.07, 6.45) is 2.78. The van der Waals surface area contributed by atoms with Crippen molar-refractivity contribution in [3.63, 3.8) is 0 Å². The molecule has 3 aliphatic rings. The lowest BCUT2D eigenvalue weighted by Gasteiger charge is -2.43. The van der Waals surface area contributed by atoms with Crippen molar-refractivity contribution in [1.29, 1.82) is 0 Å². The summed E-state index contributed by atoms with van der Waals surface area (Å²) in [5, 5.41) is 21.7. The monoisotopic (exact) mass is 396 g/mol. The molecule has 2 atom stereocenters. The molecule has 5 rings (SSSR count). The van der Waals surface area contributed by atoms with Crippen LogP contribution in [0.2, 0.25) is 0 Å². The van der Waals surface area contributed by atoms with Gasteiger partial charge in [-0.05, 0) is 44.2 Å². The van der Waals surface area contributed by atoms with Crippen molar-refractivity contribution in [3.8, 4) is 28.7 Å². The highest BCUT2D eigenvalue weighted by Crippen LogP contribution is 2.51. The highest BCUT2D eigenvalue weighted by atomic mass is 16.6. The average molecular weight is 396 g/mol. The van der Waals surface area contributed by atoms with Gasteiger partial charge in [-0.1, -0.05) is 0 Å². The van der Waals surface area contributed by atoms with E-state index in [0.29, 0.717) is 17.1 Å². The molecule has 0 aromatic heterocycles. The first-order chi connectivity index (χ1) is 13.7. The van der Waals surface area contributed by atoms with Crippen molar-refractivity contribution < 1.29 is 34.0 Å².